The number of methoxy groups -OCH3 is 2. The average Bonchev–Trinajstić information content (AvgIpc) is 3.34. The Hall–Kier alpha value is -3.96. The van der Waals surface area contributed by atoms with E-state index in [4.69, 9.17) is 37.7 Å². The van der Waals surface area contributed by atoms with Crippen LogP contribution in [0.3, 0.4) is 0 Å². The molecule has 0 bridgehead atoms. The topological polar surface area (TPSA) is 108 Å². The van der Waals surface area contributed by atoms with E-state index in [0.29, 0.717) is 75.4 Å². The van der Waals surface area contributed by atoms with Crippen LogP contribution < -0.4 is 9.47 Å². The van der Waals surface area contributed by atoms with E-state index in [1.54, 1.807) is 35.9 Å². The van der Waals surface area contributed by atoms with Gasteiger partial charge >= 0.3 is 0 Å². The summed E-state index contributed by atoms with van der Waals surface area (Å²) in [6.07, 6.45) is 8.52. The van der Waals surface area contributed by atoms with E-state index in [0.717, 1.165) is 18.5 Å². The zero-order valence-electron chi connectivity index (χ0n) is 22.9. The minimum atomic E-state index is -0.717. The van der Waals surface area contributed by atoms with Gasteiger partial charge in [0.25, 0.3) is 0 Å². The predicted molar refractivity (Wildman–Crippen MR) is 155 cm³/mol. The van der Waals surface area contributed by atoms with E-state index in [-0.39, 0.29) is 10.7 Å². The minimum Gasteiger partial charge on any atom is -0.493 e. The van der Waals surface area contributed by atoms with Gasteiger partial charge in [0, 0.05) is 36.0 Å². The molecule has 6 rings (SSSR count). The van der Waals surface area contributed by atoms with E-state index in [9.17, 15) is 0 Å². The van der Waals surface area contributed by atoms with Crippen LogP contribution in [0.5, 0.6) is 11.5 Å². The van der Waals surface area contributed by atoms with Crippen LogP contribution >= 0.6 is 23.2 Å². The molecule has 0 atom stereocenters. The highest BCUT2D eigenvalue weighted by Crippen LogP contribution is 2.41. The molecule has 0 saturated heterocycles. The number of aromatic amines is 1. The number of ether oxygens (including phenoxy) is 2. The summed E-state index contributed by atoms with van der Waals surface area (Å²) in [6, 6.07) is 3.58. The van der Waals surface area contributed by atoms with Gasteiger partial charge in [0.15, 0.2) is 23.0 Å². The number of aryl methyl sites for hydroxylation is 1. The quantitative estimate of drug-likeness (QED) is 0.193. The third-order valence-corrected chi connectivity index (χ3v) is 7.30. The van der Waals surface area contributed by atoms with Crippen LogP contribution in [0.15, 0.2) is 35.7 Å². The van der Waals surface area contributed by atoms with Gasteiger partial charge in [-0.3, -0.25) is 9.08 Å². The summed E-state index contributed by atoms with van der Waals surface area (Å²) in [5, 5.41) is 5.13. The van der Waals surface area contributed by atoms with Crippen molar-refractivity contribution in [3.05, 3.63) is 58.9 Å². The Bertz CT molecular complexity index is 1800. The zero-order valence-corrected chi connectivity index (χ0v) is 24.4. The fourth-order valence-electron chi connectivity index (χ4n) is 4.81. The van der Waals surface area contributed by atoms with E-state index < -0.39 is 5.95 Å². The highest BCUT2D eigenvalue weighted by Gasteiger charge is 2.27. The number of nitrogens with zero attached hydrogens (tertiary/aromatic N) is 7. The maximum Gasteiger partial charge on any atom is 0.238 e. The van der Waals surface area contributed by atoms with Crippen molar-refractivity contribution in [3.63, 3.8) is 0 Å². The molecule has 1 aliphatic rings. The number of imidazole rings is 2. The Balaban J connectivity index is 1.52. The first-order chi connectivity index (χ1) is 19.8. The van der Waals surface area contributed by atoms with Crippen LogP contribution in [0.1, 0.15) is 49.9 Å². The van der Waals surface area contributed by atoms with Crippen molar-refractivity contribution >= 4 is 39.8 Å². The van der Waals surface area contributed by atoms with Gasteiger partial charge in [0.1, 0.15) is 22.4 Å². The monoisotopic (exact) mass is 596 g/mol. The van der Waals surface area contributed by atoms with Gasteiger partial charge in [-0.15, -0.1) is 0 Å². The van der Waals surface area contributed by atoms with Crippen LogP contribution in [0.4, 0.5) is 10.2 Å². The molecule has 1 aliphatic carbocycles. The summed E-state index contributed by atoms with van der Waals surface area (Å²) in [6.45, 7) is 3.71. The molecule has 0 amide bonds. The fraction of sp³-hybridized carbons (Fsp3) is 0.321. The summed E-state index contributed by atoms with van der Waals surface area (Å²) >= 11 is 12.7. The molecule has 0 radical (unpaired) electrons. The van der Waals surface area contributed by atoms with E-state index in [1.807, 2.05) is 17.8 Å². The number of halogens is 3. The number of aromatic nitrogens is 7. The molecule has 4 aromatic heterocycles. The molecule has 13 heteroatoms. The Morgan fingerprint density at radius 3 is 2.59 bits per heavy atom. The second-order valence-electron chi connectivity index (χ2n) is 9.78. The Kier molecular flexibility index (Phi) is 7.16. The minimum absolute atomic E-state index is 0.139. The lowest BCUT2D eigenvalue weighted by molar-refractivity contribution is 0.355. The van der Waals surface area contributed by atoms with Gasteiger partial charge in [-0.25, -0.2) is 19.9 Å². The van der Waals surface area contributed by atoms with Crippen molar-refractivity contribution in [1.82, 2.24) is 34.1 Å². The molecule has 212 valence electrons. The molecule has 1 saturated carbocycles. The molecular weight excluding hydrogens is 570 g/mol. The van der Waals surface area contributed by atoms with Crippen LogP contribution in [-0.4, -0.2) is 53.5 Å². The molecule has 41 heavy (non-hydrogen) atoms. The average molecular weight is 597 g/mol. The Labute approximate surface area is 245 Å². The van der Waals surface area contributed by atoms with Gasteiger partial charge in [0.05, 0.1) is 42.9 Å². The molecule has 1 aromatic carbocycles. The number of fused-ring (bicyclic) bond motifs is 1. The SMILES string of the molecule is CCc1[nH]c(Cc2cn3c(-c4cc(OC)c(OC)cc4Cl)c(F)nc(-c4cnn(C5CC5)c4)c3n2)nc1/N=C(\C)Cl. The van der Waals surface area contributed by atoms with Crippen LogP contribution in [0.25, 0.3) is 28.2 Å². The highest BCUT2D eigenvalue weighted by atomic mass is 35.5. The first kappa shape index (κ1) is 27.2. The van der Waals surface area contributed by atoms with Crippen molar-refractivity contribution in [2.75, 3.05) is 14.2 Å². The number of aliphatic imine (C=N–C) groups is 1. The van der Waals surface area contributed by atoms with Gasteiger partial charge in [0.2, 0.25) is 5.95 Å². The summed E-state index contributed by atoms with van der Waals surface area (Å²) < 4.78 is 30.4. The van der Waals surface area contributed by atoms with Crippen LogP contribution in [0, 0.1) is 5.95 Å². The molecule has 10 nitrogen and oxygen atoms in total. The van der Waals surface area contributed by atoms with Crippen LogP contribution in [-0.2, 0) is 12.8 Å². The molecule has 4 heterocycles. The summed E-state index contributed by atoms with van der Waals surface area (Å²) in [5.74, 6) is 1.31. The second-order valence-corrected chi connectivity index (χ2v) is 10.7. The molecule has 1 N–H and O–H groups in total. The normalized spacial score (nSPS) is 13.8. The van der Waals surface area contributed by atoms with Gasteiger partial charge in [-0.2, -0.15) is 9.49 Å². The zero-order chi connectivity index (χ0) is 28.8. The molecule has 0 aliphatic heterocycles. The van der Waals surface area contributed by atoms with E-state index >= 15 is 4.39 Å². The molecular formula is C28H27Cl2FN8O2. The van der Waals surface area contributed by atoms with Gasteiger partial charge in [-0.05, 0) is 32.3 Å². The number of H-pyrrole nitrogens is 1. The number of rotatable bonds is 9. The van der Waals surface area contributed by atoms with Crippen molar-refractivity contribution in [2.24, 2.45) is 4.99 Å². The number of hydrogen-bond donors (Lipinski definition) is 1. The first-order valence-corrected chi connectivity index (χ1v) is 13.9. The third-order valence-electron chi connectivity index (χ3n) is 6.91. The standard InChI is InChI=1S/C28H27Cl2FN8O2/c1-5-20-27(33-14(2)29)36-23(35-20)8-16-13-38-25(18-9-21(40-3)22(41-4)10-19(18)30)26(31)37-24(28(38)34-16)15-11-32-39(12-15)17-6-7-17/h9-13,17H,5-8H2,1-4H3,(H,35,36)/b33-14+. The summed E-state index contributed by atoms with van der Waals surface area (Å²) in [5.41, 5.74) is 3.52. The first-order valence-electron chi connectivity index (χ1n) is 13.1. The maximum absolute atomic E-state index is 16.0. The van der Waals surface area contributed by atoms with E-state index in [2.05, 4.69) is 25.0 Å². The lowest BCUT2D eigenvalue weighted by Crippen LogP contribution is -2.03. The largest absolute Gasteiger partial charge is 0.493 e. The number of hydrogen-bond acceptors (Lipinski definition) is 7. The van der Waals surface area contributed by atoms with Crippen molar-refractivity contribution in [1.29, 1.82) is 0 Å². The van der Waals surface area contributed by atoms with Crippen molar-refractivity contribution in [3.8, 4) is 34.0 Å². The maximum atomic E-state index is 16.0. The smallest absolute Gasteiger partial charge is 0.238 e. The van der Waals surface area contributed by atoms with Crippen molar-refractivity contribution in [2.45, 2.75) is 45.6 Å². The lowest BCUT2D eigenvalue weighted by Gasteiger charge is -2.14. The highest BCUT2D eigenvalue weighted by molar-refractivity contribution is 6.65. The predicted octanol–water partition coefficient (Wildman–Crippen LogP) is 6.57. The Morgan fingerprint density at radius 2 is 1.90 bits per heavy atom. The second kappa shape index (κ2) is 10.8. The van der Waals surface area contributed by atoms with Gasteiger partial charge < -0.3 is 14.5 Å². The van der Waals surface area contributed by atoms with Gasteiger partial charge in [-0.1, -0.05) is 30.1 Å². The lowest BCUT2D eigenvalue weighted by atomic mass is 10.1. The summed E-state index contributed by atoms with van der Waals surface area (Å²) in [4.78, 5) is 21.5. The molecule has 5 aromatic rings. The number of nitrogens with one attached hydrogen (secondary N) is 1. The fourth-order valence-corrected chi connectivity index (χ4v) is 5.14. The molecule has 1 fully saturated rings. The number of benzene rings is 1. The van der Waals surface area contributed by atoms with Crippen LogP contribution in [0.2, 0.25) is 5.02 Å². The Morgan fingerprint density at radius 1 is 1.15 bits per heavy atom. The van der Waals surface area contributed by atoms with Crippen molar-refractivity contribution < 1.29 is 13.9 Å². The van der Waals surface area contributed by atoms with E-state index in [1.165, 1.54) is 14.2 Å². The molecule has 0 unspecified atom stereocenters. The summed E-state index contributed by atoms with van der Waals surface area (Å²) in [7, 11) is 3.02. The third kappa shape index (κ3) is 5.15. The molecule has 0 spiro atoms.